The Kier molecular flexibility index (Phi) is 4.72. The molecule has 2 atom stereocenters. The van der Waals surface area contributed by atoms with E-state index in [1.165, 1.54) is 12.5 Å². The largest absolute Gasteiger partial charge is 0.349 e. The van der Waals surface area contributed by atoms with Gasteiger partial charge in [-0.2, -0.15) is 0 Å². The molecular formula is C21H28N2O2. The topological polar surface area (TPSA) is 51.1 Å². The maximum Gasteiger partial charge on any atom is 0.252 e. The molecule has 25 heavy (non-hydrogen) atoms. The van der Waals surface area contributed by atoms with E-state index in [1.54, 1.807) is 11.6 Å². The molecule has 1 heterocycles. The standard InChI is InChI=1S/C21H28N2O2/c1-21(2,3)16-10-6-7-11-17(16)22-20(25)15-13-19(24)23(4)18-12-8-5-9-14(15)18/h5,8-9,12-13,16-17H,6-7,10-11H2,1-4H3,(H,22,25). The van der Waals surface area contributed by atoms with Crippen LogP contribution in [-0.4, -0.2) is 16.5 Å². The third-order valence-corrected chi connectivity index (χ3v) is 5.59. The van der Waals surface area contributed by atoms with Gasteiger partial charge < -0.3 is 9.88 Å². The number of carbonyl (C=O) groups excluding carboxylic acids is 1. The molecule has 4 heteroatoms. The maximum absolute atomic E-state index is 13.0. The Bertz CT molecular complexity index is 845. The van der Waals surface area contributed by atoms with Crippen LogP contribution in [0, 0.1) is 11.3 Å². The minimum Gasteiger partial charge on any atom is -0.349 e. The molecule has 1 aromatic carbocycles. The van der Waals surface area contributed by atoms with E-state index < -0.39 is 0 Å². The number of benzene rings is 1. The lowest BCUT2D eigenvalue weighted by Gasteiger charge is -2.40. The molecule has 1 fully saturated rings. The van der Waals surface area contributed by atoms with Crippen LogP contribution >= 0.6 is 0 Å². The van der Waals surface area contributed by atoms with Crippen molar-refractivity contribution in [3.8, 4) is 0 Å². The Morgan fingerprint density at radius 2 is 1.84 bits per heavy atom. The number of hydrogen-bond acceptors (Lipinski definition) is 2. The number of aryl methyl sites for hydroxylation is 1. The molecule has 1 aliphatic rings. The summed E-state index contributed by atoms with van der Waals surface area (Å²) in [7, 11) is 1.74. The van der Waals surface area contributed by atoms with Crippen molar-refractivity contribution in [2.45, 2.75) is 52.5 Å². The number of fused-ring (bicyclic) bond motifs is 1. The normalized spacial score (nSPS) is 21.3. The average molecular weight is 340 g/mol. The molecule has 1 amide bonds. The van der Waals surface area contributed by atoms with Gasteiger partial charge in [0.05, 0.1) is 11.1 Å². The predicted octanol–water partition coefficient (Wildman–Crippen LogP) is 3.87. The van der Waals surface area contributed by atoms with Gasteiger partial charge in [0.2, 0.25) is 0 Å². The quantitative estimate of drug-likeness (QED) is 0.902. The monoisotopic (exact) mass is 340 g/mol. The van der Waals surface area contributed by atoms with Crippen LogP contribution in [0.2, 0.25) is 0 Å². The summed E-state index contributed by atoms with van der Waals surface area (Å²) in [4.78, 5) is 25.3. The highest BCUT2D eigenvalue weighted by Gasteiger charge is 2.35. The second-order valence-corrected chi connectivity index (χ2v) is 8.31. The summed E-state index contributed by atoms with van der Waals surface area (Å²) in [6.07, 6.45) is 4.53. The molecule has 0 bridgehead atoms. The number of para-hydroxylation sites is 1. The fraction of sp³-hybridized carbons (Fsp3) is 0.524. The van der Waals surface area contributed by atoms with E-state index in [4.69, 9.17) is 0 Å². The number of carbonyl (C=O) groups is 1. The number of aromatic nitrogens is 1. The summed E-state index contributed by atoms with van der Waals surface area (Å²) in [5, 5.41) is 4.07. The highest BCUT2D eigenvalue weighted by molar-refractivity contribution is 6.06. The van der Waals surface area contributed by atoms with Gasteiger partial charge in [0.25, 0.3) is 11.5 Å². The highest BCUT2D eigenvalue weighted by atomic mass is 16.2. The highest BCUT2D eigenvalue weighted by Crippen LogP contribution is 2.38. The van der Waals surface area contributed by atoms with Crippen LogP contribution < -0.4 is 10.9 Å². The zero-order valence-electron chi connectivity index (χ0n) is 15.6. The molecule has 0 radical (unpaired) electrons. The van der Waals surface area contributed by atoms with E-state index in [9.17, 15) is 9.59 Å². The van der Waals surface area contributed by atoms with Crippen LogP contribution in [0.15, 0.2) is 35.1 Å². The van der Waals surface area contributed by atoms with E-state index >= 15 is 0 Å². The third kappa shape index (κ3) is 3.48. The lowest BCUT2D eigenvalue weighted by atomic mass is 9.69. The van der Waals surface area contributed by atoms with E-state index in [0.717, 1.165) is 30.2 Å². The molecule has 3 rings (SSSR count). The van der Waals surface area contributed by atoms with Crippen LogP contribution in [-0.2, 0) is 7.05 Å². The molecule has 0 saturated heterocycles. The van der Waals surface area contributed by atoms with E-state index in [2.05, 4.69) is 26.1 Å². The first-order valence-electron chi connectivity index (χ1n) is 9.18. The molecule has 134 valence electrons. The van der Waals surface area contributed by atoms with Crippen molar-refractivity contribution in [3.63, 3.8) is 0 Å². The summed E-state index contributed by atoms with van der Waals surface area (Å²) in [5.74, 6) is 0.332. The van der Waals surface area contributed by atoms with E-state index in [-0.39, 0.29) is 22.9 Å². The van der Waals surface area contributed by atoms with Crippen molar-refractivity contribution in [2.75, 3.05) is 0 Å². The molecule has 1 saturated carbocycles. The van der Waals surface area contributed by atoms with Gasteiger partial charge >= 0.3 is 0 Å². The minimum absolute atomic E-state index is 0.130. The fourth-order valence-electron chi connectivity index (χ4n) is 4.18. The van der Waals surface area contributed by atoms with Crippen LogP contribution in [0.4, 0.5) is 0 Å². The molecule has 1 aliphatic carbocycles. The lowest BCUT2D eigenvalue weighted by molar-refractivity contribution is 0.0831. The molecule has 0 aliphatic heterocycles. The predicted molar refractivity (Wildman–Crippen MR) is 102 cm³/mol. The first-order valence-corrected chi connectivity index (χ1v) is 9.18. The number of pyridine rings is 1. The first-order chi connectivity index (χ1) is 11.8. The van der Waals surface area contributed by atoms with Crippen molar-refractivity contribution in [1.29, 1.82) is 0 Å². The average Bonchev–Trinajstić information content (AvgIpc) is 2.57. The van der Waals surface area contributed by atoms with Crippen LogP contribution in [0.1, 0.15) is 56.8 Å². The Balaban J connectivity index is 1.95. The van der Waals surface area contributed by atoms with Gasteiger partial charge in [-0.25, -0.2) is 0 Å². The van der Waals surface area contributed by atoms with Crippen LogP contribution in [0.3, 0.4) is 0 Å². The van der Waals surface area contributed by atoms with Crippen LogP contribution in [0.25, 0.3) is 10.9 Å². The molecular weight excluding hydrogens is 312 g/mol. The molecule has 4 nitrogen and oxygen atoms in total. The van der Waals surface area contributed by atoms with Crippen molar-refractivity contribution in [1.82, 2.24) is 9.88 Å². The zero-order valence-corrected chi connectivity index (χ0v) is 15.6. The van der Waals surface area contributed by atoms with Crippen molar-refractivity contribution < 1.29 is 4.79 Å². The summed E-state index contributed by atoms with van der Waals surface area (Å²) < 4.78 is 1.59. The second kappa shape index (κ2) is 6.66. The number of nitrogens with one attached hydrogen (secondary N) is 1. The van der Waals surface area contributed by atoms with Gasteiger partial charge in [0, 0.05) is 24.5 Å². The summed E-state index contributed by atoms with van der Waals surface area (Å²) in [6.45, 7) is 6.74. The summed E-state index contributed by atoms with van der Waals surface area (Å²) in [5.41, 5.74) is 1.28. The summed E-state index contributed by atoms with van der Waals surface area (Å²) in [6, 6.07) is 9.22. The Morgan fingerprint density at radius 1 is 1.16 bits per heavy atom. The van der Waals surface area contributed by atoms with Gasteiger partial charge in [0.1, 0.15) is 0 Å². The van der Waals surface area contributed by atoms with Gasteiger partial charge in [-0.3, -0.25) is 9.59 Å². The van der Waals surface area contributed by atoms with E-state index in [1.807, 2.05) is 24.3 Å². The Labute approximate surface area is 149 Å². The second-order valence-electron chi connectivity index (χ2n) is 8.31. The SMILES string of the molecule is Cn1c(=O)cc(C(=O)NC2CCCCC2C(C)(C)C)c2ccccc21. The van der Waals surface area contributed by atoms with E-state index in [0.29, 0.717) is 11.5 Å². The smallest absolute Gasteiger partial charge is 0.252 e. The van der Waals surface area contributed by atoms with Gasteiger partial charge in [-0.1, -0.05) is 51.8 Å². The third-order valence-electron chi connectivity index (χ3n) is 5.59. The van der Waals surface area contributed by atoms with Crippen molar-refractivity contribution >= 4 is 16.8 Å². The number of rotatable bonds is 2. The van der Waals surface area contributed by atoms with Crippen LogP contribution in [0.5, 0.6) is 0 Å². The molecule has 0 spiro atoms. The zero-order chi connectivity index (χ0) is 18.2. The number of nitrogens with zero attached hydrogens (tertiary/aromatic N) is 1. The molecule has 1 aromatic heterocycles. The summed E-state index contributed by atoms with van der Waals surface area (Å²) >= 11 is 0. The molecule has 2 unspecified atom stereocenters. The van der Waals surface area contributed by atoms with Gasteiger partial charge in [0.15, 0.2) is 0 Å². The molecule has 2 aromatic rings. The van der Waals surface area contributed by atoms with Crippen molar-refractivity contribution in [3.05, 3.63) is 46.2 Å². The Hall–Kier alpha value is -2.10. The minimum atomic E-state index is -0.153. The fourth-order valence-corrected chi connectivity index (χ4v) is 4.18. The number of amides is 1. The van der Waals surface area contributed by atoms with Gasteiger partial charge in [-0.15, -0.1) is 0 Å². The number of hydrogen-bond donors (Lipinski definition) is 1. The molecule has 1 N–H and O–H groups in total. The maximum atomic E-state index is 13.0. The van der Waals surface area contributed by atoms with Crippen molar-refractivity contribution in [2.24, 2.45) is 18.4 Å². The Morgan fingerprint density at radius 3 is 2.56 bits per heavy atom. The lowest BCUT2D eigenvalue weighted by Crippen LogP contribution is -2.46. The van der Waals surface area contributed by atoms with Gasteiger partial charge in [-0.05, 0) is 30.2 Å². The first kappa shape index (κ1) is 17.7.